The average Bonchev–Trinajstić information content (AvgIpc) is 3.49. The SMILES string of the molecule is O=C(Cc1ccc(-c2ccc(CO)cc2)c(C(F)(F)F)c1)C1(c2ccc3c(c2)OCO3)CC1.[HH]. The Balaban J connectivity index is 0.00000274. The molecule has 3 aromatic rings. The standard InChI is InChI=1S/C26H21F3O4.H2/c27-26(28,29)21-11-17(3-7-20(21)18-4-1-16(14-30)2-5-18)12-24(31)25(9-10-25)19-6-8-22-23(13-19)33-15-32-22;/h1-8,11,13,30H,9-10,12,14-15H2;1H. The van der Waals surface area contributed by atoms with E-state index in [2.05, 4.69) is 0 Å². The zero-order chi connectivity index (χ0) is 23.2. The summed E-state index contributed by atoms with van der Waals surface area (Å²) < 4.78 is 52.4. The molecule has 1 fully saturated rings. The van der Waals surface area contributed by atoms with E-state index in [9.17, 15) is 23.1 Å². The molecule has 1 aliphatic carbocycles. The Hall–Kier alpha value is -3.32. The summed E-state index contributed by atoms with van der Waals surface area (Å²) in [6.07, 6.45) is -3.33. The van der Waals surface area contributed by atoms with Gasteiger partial charge in [0.1, 0.15) is 5.78 Å². The molecule has 3 aromatic carbocycles. The van der Waals surface area contributed by atoms with Crippen LogP contribution >= 0.6 is 0 Å². The highest BCUT2D eigenvalue weighted by Gasteiger charge is 2.51. The van der Waals surface area contributed by atoms with Gasteiger partial charge in [-0.25, -0.2) is 0 Å². The van der Waals surface area contributed by atoms with Crippen LogP contribution < -0.4 is 9.47 Å². The molecule has 1 saturated carbocycles. The Labute approximate surface area is 190 Å². The Morgan fingerprint density at radius 1 is 0.939 bits per heavy atom. The number of hydrogen-bond acceptors (Lipinski definition) is 4. The summed E-state index contributed by atoms with van der Waals surface area (Å²) in [4.78, 5) is 13.2. The van der Waals surface area contributed by atoms with E-state index < -0.39 is 17.2 Å². The smallest absolute Gasteiger partial charge is 0.417 e. The van der Waals surface area contributed by atoms with Crippen LogP contribution in [-0.4, -0.2) is 17.7 Å². The van der Waals surface area contributed by atoms with Gasteiger partial charge >= 0.3 is 6.18 Å². The summed E-state index contributed by atoms with van der Waals surface area (Å²) in [5.41, 5.74) is 0.739. The summed E-state index contributed by atoms with van der Waals surface area (Å²) in [7, 11) is 0. The molecule has 0 unspecified atom stereocenters. The van der Waals surface area contributed by atoms with Crippen molar-refractivity contribution in [3.05, 3.63) is 82.9 Å². The molecule has 0 saturated heterocycles. The lowest BCUT2D eigenvalue weighted by Gasteiger charge is -2.18. The van der Waals surface area contributed by atoms with Crippen molar-refractivity contribution >= 4 is 5.78 Å². The summed E-state index contributed by atoms with van der Waals surface area (Å²) in [6.45, 7) is -0.0480. The van der Waals surface area contributed by atoms with Gasteiger partial charge in [-0.3, -0.25) is 4.79 Å². The van der Waals surface area contributed by atoms with Crippen LogP contribution in [0.2, 0.25) is 0 Å². The number of aliphatic hydroxyl groups excluding tert-OH is 1. The van der Waals surface area contributed by atoms with Crippen molar-refractivity contribution in [2.24, 2.45) is 0 Å². The van der Waals surface area contributed by atoms with E-state index in [-0.39, 0.29) is 32.6 Å². The third kappa shape index (κ3) is 3.97. The number of ether oxygens (including phenoxy) is 2. The molecule has 5 rings (SSSR count). The van der Waals surface area contributed by atoms with E-state index >= 15 is 0 Å². The molecular weight excluding hydrogens is 433 g/mol. The van der Waals surface area contributed by atoms with Crippen LogP contribution in [0.5, 0.6) is 11.5 Å². The Bertz CT molecular complexity index is 1220. The Morgan fingerprint density at radius 3 is 2.30 bits per heavy atom. The van der Waals surface area contributed by atoms with Gasteiger partial charge in [-0.2, -0.15) is 13.2 Å². The average molecular weight is 456 g/mol. The number of rotatable bonds is 6. The minimum Gasteiger partial charge on any atom is -0.454 e. The second-order valence-electron chi connectivity index (χ2n) is 8.48. The lowest BCUT2D eigenvalue weighted by molar-refractivity contribution is -0.137. The second-order valence-corrected chi connectivity index (χ2v) is 8.48. The molecule has 1 N–H and O–H groups in total. The van der Waals surface area contributed by atoms with Gasteiger partial charge in [-0.15, -0.1) is 0 Å². The summed E-state index contributed by atoms with van der Waals surface area (Å²) in [5.74, 6) is 1.11. The van der Waals surface area contributed by atoms with Gasteiger partial charge in [0.15, 0.2) is 11.5 Å². The number of benzene rings is 3. The van der Waals surface area contributed by atoms with Crippen molar-refractivity contribution in [1.29, 1.82) is 0 Å². The Morgan fingerprint density at radius 2 is 1.64 bits per heavy atom. The van der Waals surface area contributed by atoms with Crippen molar-refractivity contribution in [3.63, 3.8) is 0 Å². The fourth-order valence-corrected chi connectivity index (χ4v) is 4.38. The van der Waals surface area contributed by atoms with Crippen LogP contribution in [0.25, 0.3) is 11.1 Å². The van der Waals surface area contributed by atoms with E-state index in [1.54, 1.807) is 42.5 Å². The van der Waals surface area contributed by atoms with Crippen molar-refractivity contribution in [2.45, 2.75) is 37.5 Å². The zero-order valence-corrected chi connectivity index (χ0v) is 17.6. The third-order valence-corrected chi connectivity index (χ3v) is 6.41. The molecule has 7 heteroatoms. The van der Waals surface area contributed by atoms with Gasteiger partial charge in [0.05, 0.1) is 17.6 Å². The molecule has 0 atom stereocenters. The first-order chi connectivity index (χ1) is 15.8. The number of ketones is 1. The predicted octanol–water partition coefficient (Wildman–Crippen LogP) is 5.68. The van der Waals surface area contributed by atoms with Gasteiger partial charge in [0, 0.05) is 7.85 Å². The zero-order valence-electron chi connectivity index (χ0n) is 17.6. The van der Waals surface area contributed by atoms with Gasteiger partial charge in [-0.05, 0) is 58.9 Å². The summed E-state index contributed by atoms with van der Waals surface area (Å²) >= 11 is 0. The third-order valence-electron chi connectivity index (χ3n) is 6.41. The molecule has 1 heterocycles. The van der Waals surface area contributed by atoms with Crippen LogP contribution in [-0.2, 0) is 29.4 Å². The van der Waals surface area contributed by atoms with Crippen LogP contribution in [0.1, 0.15) is 36.5 Å². The minimum absolute atomic E-state index is 0. The van der Waals surface area contributed by atoms with Crippen LogP contribution in [0.15, 0.2) is 60.7 Å². The first-order valence-corrected chi connectivity index (χ1v) is 10.6. The van der Waals surface area contributed by atoms with E-state index in [0.717, 1.165) is 11.6 Å². The first-order valence-electron chi connectivity index (χ1n) is 10.6. The minimum atomic E-state index is -4.57. The number of Topliss-reactive ketones (excluding diaryl/α,β-unsaturated/α-hetero) is 1. The number of carbonyl (C=O) groups is 1. The first kappa shape index (κ1) is 21.5. The fourth-order valence-electron chi connectivity index (χ4n) is 4.38. The molecule has 172 valence electrons. The van der Waals surface area contributed by atoms with E-state index in [0.29, 0.717) is 41.0 Å². The largest absolute Gasteiger partial charge is 0.454 e. The summed E-state index contributed by atoms with van der Waals surface area (Å²) in [6, 6.07) is 15.8. The maximum Gasteiger partial charge on any atom is 0.417 e. The lowest BCUT2D eigenvalue weighted by Crippen LogP contribution is -2.22. The van der Waals surface area contributed by atoms with E-state index in [1.165, 1.54) is 6.07 Å². The molecule has 0 aromatic heterocycles. The van der Waals surface area contributed by atoms with Gasteiger partial charge in [-0.1, -0.05) is 42.5 Å². The topological polar surface area (TPSA) is 55.8 Å². The van der Waals surface area contributed by atoms with Crippen molar-refractivity contribution in [2.75, 3.05) is 6.79 Å². The van der Waals surface area contributed by atoms with Crippen molar-refractivity contribution < 1.29 is 34.0 Å². The highest BCUT2D eigenvalue weighted by Crippen LogP contribution is 2.51. The van der Waals surface area contributed by atoms with Crippen LogP contribution in [0, 0.1) is 0 Å². The van der Waals surface area contributed by atoms with Gasteiger partial charge in [0.2, 0.25) is 6.79 Å². The Kier molecular flexibility index (Phi) is 5.16. The molecular formula is C26H23F3O4. The van der Waals surface area contributed by atoms with Gasteiger partial charge < -0.3 is 14.6 Å². The number of aliphatic hydroxyl groups is 1. The van der Waals surface area contributed by atoms with Crippen molar-refractivity contribution in [1.82, 2.24) is 0 Å². The highest BCUT2D eigenvalue weighted by molar-refractivity contribution is 5.95. The number of carbonyl (C=O) groups excluding carboxylic acids is 1. The number of fused-ring (bicyclic) bond motifs is 1. The molecule has 1 aliphatic heterocycles. The maximum absolute atomic E-state index is 13.9. The number of hydrogen-bond donors (Lipinski definition) is 1. The van der Waals surface area contributed by atoms with Crippen molar-refractivity contribution in [3.8, 4) is 22.6 Å². The molecule has 4 nitrogen and oxygen atoms in total. The van der Waals surface area contributed by atoms with Crippen LogP contribution in [0.4, 0.5) is 13.2 Å². The summed E-state index contributed by atoms with van der Waals surface area (Å²) in [5, 5.41) is 9.18. The lowest BCUT2D eigenvalue weighted by atomic mass is 9.86. The normalized spacial score (nSPS) is 16.0. The maximum atomic E-state index is 13.9. The van der Waals surface area contributed by atoms with E-state index in [1.807, 2.05) is 6.07 Å². The molecule has 0 bridgehead atoms. The number of halogens is 3. The molecule has 0 amide bonds. The quantitative estimate of drug-likeness (QED) is 0.518. The molecule has 0 spiro atoms. The number of alkyl halides is 3. The van der Waals surface area contributed by atoms with Gasteiger partial charge in [0.25, 0.3) is 0 Å². The van der Waals surface area contributed by atoms with Crippen LogP contribution in [0.3, 0.4) is 0 Å². The fraction of sp³-hybridized carbons (Fsp3) is 0.269. The highest BCUT2D eigenvalue weighted by atomic mass is 19.4. The predicted molar refractivity (Wildman–Crippen MR) is 117 cm³/mol. The van der Waals surface area contributed by atoms with E-state index in [4.69, 9.17) is 9.47 Å². The second kappa shape index (κ2) is 7.92. The molecule has 2 aliphatic rings. The molecule has 0 radical (unpaired) electrons. The monoisotopic (exact) mass is 456 g/mol. The molecule has 33 heavy (non-hydrogen) atoms.